The van der Waals surface area contributed by atoms with Crippen LogP contribution in [0.2, 0.25) is 0 Å². The van der Waals surface area contributed by atoms with E-state index in [-0.39, 0.29) is 0 Å². The Hall–Kier alpha value is 0.620. The molecule has 0 aromatic carbocycles. The molecule has 1 aromatic heterocycles. The maximum absolute atomic E-state index is 3.57. The van der Waals surface area contributed by atoms with E-state index in [1.54, 1.807) is 0 Å². The topological polar surface area (TPSA) is 12.0 Å². The summed E-state index contributed by atoms with van der Waals surface area (Å²) >= 11 is 8.97. The predicted molar refractivity (Wildman–Crippen MR) is 94.1 cm³/mol. The molecular formula is C15H25Br2NS. The van der Waals surface area contributed by atoms with Gasteiger partial charge in [0.05, 0.1) is 3.79 Å². The van der Waals surface area contributed by atoms with E-state index in [1.165, 1.54) is 64.5 Å². The van der Waals surface area contributed by atoms with E-state index in [9.17, 15) is 0 Å². The smallest absolute Gasteiger partial charge is 0.0843 e. The van der Waals surface area contributed by atoms with Crippen molar-refractivity contribution >= 4 is 43.2 Å². The van der Waals surface area contributed by atoms with Crippen LogP contribution in [0.5, 0.6) is 0 Å². The number of nitrogens with one attached hydrogen (secondary N) is 1. The second-order valence-corrected chi connectivity index (χ2v) is 8.28. The maximum atomic E-state index is 3.57. The lowest BCUT2D eigenvalue weighted by Crippen LogP contribution is -2.14. The molecule has 19 heavy (non-hydrogen) atoms. The minimum Gasteiger partial charge on any atom is -0.312 e. The van der Waals surface area contributed by atoms with Crippen LogP contribution in [0.4, 0.5) is 0 Å². The first-order valence-corrected chi connectivity index (χ1v) is 9.71. The number of hydrogen-bond donors (Lipinski definition) is 1. The van der Waals surface area contributed by atoms with E-state index in [2.05, 4.69) is 57.2 Å². The van der Waals surface area contributed by atoms with Gasteiger partial charge in [-0.2, -0.15) is 0 Å². The minimum atomic E-state index is 0.503. The highest BCUT2D eigenvalue weighted by molar-refractivity contribution is 9.13. The van der Waals surface area contributed by atoms with Gasteiger partial charge < -0.3 is 5.32 Å². The number of unbranched alkanes of at least 4 members (excludes halogenated alkanes) is 6. The molecule has 110 valence electrons. The lowest BCUT2D eigenvalue weighted by Gasteiger charge is -2.14. The van der Waals surface area contributed by atoms with Crippen molar-refractivity contribution in [1.82, 2.24) is 5.32 Å². The van der Waals surface area contributed by atoms with Crippen molar-refractivity contribution in [2.24, 2.45) is 0 Å². The van der Waals surface area contributed by atoms with Crippen LogP contribution in [0.15, 0.2) is 14.3 Å². The van der Waals surface area contributed by atoms with Gasteiger partial charge >= 0.3 is 0 Å². The molecule has 1 heterocycles. The van der Waals surface area contributed by atoms with Crippen molar-refractivity contribution in [3.63, 3.8) is 0 Å². The van der Waals surface area contributed by atoms with Crippen LogP contribution in [0.3, 0.4) is 0 Å². The summed E-state index contributed by atoms with van der Waals surface area (Å²) in [5.41, 5.74) is 0. The first-order chi connectivity index (χ1) is 9.19. The summed E-state index contributed by atoms with van der Waals surface area (Å²) in [5, 5.41) is 3.44. The van der Waals surface area contributed by atoms with Gasteiger partial charge in [0, 0.05) is 15.4 Å². The van der Waals surface area contributed by atoms with Crippen LogP contribution in [0.25, 0.3) is 0 Å². The zero-order chi connectivity index (χ0) is 14.1. The Labute approximate surface area is 138 Å². The van der Waals surface area contributed by atoms with Crippen molar-refractivity contribution in [3.05, 3.63) is 19.2 Å². The molecular weight excluding hydrogens is 386 g/mol. The summed E-state index contributed by atoms with van der Waals surface area (Å²) in [6.45, 7) is 2.27. The molecule has 1 atom stereocenters. The Balaban J connectivity index is 2.22. The number of rotatable bonds is 10. The van der Waals surface area contributed by atoms with Crippen LogP contribution in [-0.2, 0) is 0 Å². The molecule has 1 N–H and O–H groups in total. The van der Waals surface area contributed by atoms with E-state index in [1.807, 2.05) is 11.3 Å². The largest absolute Gasteiger partial charge is 0.312 e. The van der Waals surface area contributed by atoms with Gasteiger partial charge in [-0.05, 0) is 51.4 Å². The van der Waals surface area contributed by atoms with Crippen LogP contribution < -0.4 is 5.32 Å². The van der Waals surface area contributed by atoms with Gasteiger partial charge in [0.1, 0.15) is 0 Å². The second kappa shape index (κ2) is 10.4. The SMILES string of the molecule is CCCCCCCCCC(NC)c1cc(Br)c(Br)s1. The van der Waals surface area contributed by atoms with Crippen molar-refractivity contribution < 1.29 is 0 Å². The van der Waals surface area contributed by atoms with E-state index < -0.39 is 0 Å². The molecule has 0 bridgehead atoms. The number of hydrogen-bond acceptors (Lipinski definition) is 2. The fourth-order valence-electron chi connectivity index (χ4n) is 2.27. The normalized spacial score (nSPS) is 12.8. The molecule has 0 aliphatic heterocycles. The van der Waals surface area contributed by atoms with Gasteiger partial charge in [-0.1, -0.05) is 51.9 Å². The maximum Gasteiger partial charge on any atom is 0.0843 e. The van der Waals surface area contributed by atoms with Crippen molar-refractivity contribution in [2.75, 3.05) is 7.05 Å². The van der Waals surface area contributed by atoms with Gasteiger partial charge in [-0.15, -0.1) is 11.3 Å². The van der Waals surface area contributed by atoms with E-state index in [0.29, 0.717) is 6.04 Å². The molecule has 1 nitrogen and oxygen atoms in total. The fourth-order valence-corrected chi connectivity index (χ4v) is 4.50. The van der Waals surface area contributed by atoms with E-state index in [4.69, 9.17) is 0 Å². The highest BCUT2D eigenvalue weighted by atomic mass is 79.9. The molecule has 1 rings (SSSR count). The summed E-state index contributed by atoms with van der Waals surface area (Å²) < 4.78 is 2.37. The third kappa shape index (κ3) is 6.74. The summed E-state index contributed by atoms with van der Waals surface area (Å²) in [6, 6.07) is 2.74. The Morgan fingerprint density at radius 1 is 1.11 bits per heavy atom. The zero-order valence-corrected chi connectivity index (χ0v) is 16.0. The standard InChI is InChI=1S/C15H25Br2NS/c1-3-4-5-6-7-8-9-10-13(18-2)14-11-12(16)15(17)19-14/h11,13,18H,3-10H2,1-2H3. The second-order valence-electron chi connectivity index (χ2n) is 5.02. The minimum absolute atomic E-state index is 0.503. The third-order valence-corrected chi connectivity index (χ3v) is 6.82. The number of halogens is 2. The molecule has 0 saturated heterocycles. The van der Waals surface area contributed by atoms with Gasteiger partial charge in [-0.3, -0.25) is 0 Å². The van der Waals surface area contributed by atoms with Crippen LogP contribution in [0, 0.1) is 0 Å². The molecule has 0 saturated carbocycles. The highest BCUT2D eigenvalue weighted by Gasteiger charge is 2.13. The molecule has 0 aliphatic carbocycles. The monoisotopic (exact) mass is 409 g/mol. The Morgan fingerprint density at radius 3 is 2.26 bits per heavy atom. The average Bonchev–Trinajstić information content (AvgIpc) is 2.73. The molecule has 0 amide bonds. The predicted octanol–water partition coefficient (Wildman–Crippen LogP) is 6.67. The van der Waals surface area contributed by atoms with Gasteiger partial charge in [0.15, 0.2) is 0 Å². The quantitative estimate of drug-likeness (QED) is 0.424. The Kier molecular flexibility index (Phi) is 9.64. The lowest BCUT2D eigenvalue weighted by atomic mass is 10.0. The van der Waals surface area contributed by atoms with E-state index >= 15 is 0 Å². The fraction of sp³-hybridized carbons (Fsp3) is 0.733. The molecule has 1 unspecified atom stereocenters. The third-order valence-electron chi connectivity index (χ3n) is 3.45. The molecule has 0 spiro atoms. The molecule has 0 aliphatic rings. The molecule has 0 fully saturated rings. The van der Waals surface area contributed by atoms with Crippen molar-refractivity contribution in [1.29, 1.82) is 0 Å². The first kappa shape index (κ1) is 17.7. The Bertz CT molecular complexity index is 332. The van der Waals surface area contributed by atoms with Gasteiger partial charge in [-0.25, -0.2) is 0 Å². The van der Waals surface area contributed by atoms with E-state index in [0.717, 1.165) is 0 Å². The van der Waals surface area contributed by atoms with Crippen molar-refractivity contribution in [2.45, 2.75) is 64.3 Å². The first-order valence-electron chi connectivity index (χ1n) is 7.31. The van der Waals surface area contributed by atoms with Crippen molar-refractivity contribution in [3.8, 4) is 0 Å². The number of thiophene rings is 1. The van der Waals surface area contributed by atoms with Crippen LogP contribution >= 0.6 is 43.2 Å². The summed E-state index contributed by atoms with van der Waals surface area (Å²) in [4.78, 5) is 1.42. The average molecular weight is 411 g/mol. The van der Waals surface area contributed by atoms with Crippen LogP contribution in [-0.4, -0.2) is 7.05 Å². The summed E-state index contributed by atoms with van der Waals surface area (Å²) in [7, 11) is 2.06. The van der Waals surface area contributed by atoms with Crippen LogP contribution in [0.1, 0.15) is 69.2 Å². The summed E-state index contributed by atoms with van der Waals surface area (Å²) in [6.07, 6.45) is 10.9. The lowest BCUT2D eigenvalue weighted by molar-refractivity contribution is 0.501. The zero-order valence-electron chi connectivity index (χ0n) is 12.0. The molecule has 1 aromatic rings. The molecule has 0 radical (unpaired) electrons. The summed E-state index contributed by atoms with van der Waals surface area (Å²) in [5.74, 6) is 0. The highest BCUT2D eigenvalue weighted by Crippen LogP contribution is 2.36. The van der Waals surface area contributed by atoms with Gasteiger partial charge in [0.2, 0.25) is 0 Å². The molecule has 4 heteroatoms. The van der Waals surface area contributed by atoms with Gasteiger partial charge in [0.25, 0.3) is 0 Å². The Morgan fingerprint density at radius 2 is 1.74 bits per heavy atom.